The van der Waals surface area contributed by atoms with Crippen molar-refractivity contribution in [2.24, 2.45) is 0 Å². The number of anilines is 2. The van der Waals surface area contributed by atoms with Crippen LogP contribution in [0.2, 0.25) is 5.02 Å². The van der Waals surface area contributed by atoms with Crippen LogP contribution in [-0.4, -0.2) is 14.5 Å². The van der Waals surface area contributed by atoms with Crippen LogP contribution in [0.5, 0.6) is 0 Å². The van der Waals surface area contributed by atoms with Gasteiger partial charge in [-0.05, 0) is 48.5 Å². The molecule has 2 heterocycles. The monoisotopic (exact) mass is 364 g/mol. The SMILES string of the molecule is O=[N+]([O-])c1ccc(-n2ccc3c(Nc4ccc(Cl)cc4)cccc32)nc1. The van der Waals surface area contributed by atoms with Crippen LogP contribution in [0.25, 0.3) is 16.7 Å². The Balaban J connectivity index is 1.72. The Morgan fingerprint density at radius 1 is 1.04 bits per heavy atom. The van der Waals surface area contributed by atoms with E-state index in [4.69, 9.17) is 11.6 Å². The molecule has 0 spiro atoms. The molecule has 0 radical (unpaired) electrons. The maximum atomic E-state index is 10.8. The van der Waals surface area contributed by atoms with Crippen molar-refractivity contribution in [2.75, 3.05) is 5.32 Å². The minimum Gasteiger partial charge on any atom is -0.355 e. The van der Waals surface area contributed by atoms with Gasteiger partial charge in [-0.2, -0.15) is 0 Å². The number of halogens is 1. The van der Waals surface area contributed by atoms with Gasteiger partial charge in [0.25, 0.3) is 5.69 Å². The van der Waals surface area contributed by atoms with Crippen molar-refractivity contribution in [3.63, 3.8) is 0 Å². The molecule has 0 aliphatic rings. The fraction of sp³-hybridized carbons (Fsp3) is 0. The Hall–Kier alpha value is -3.38. The lowest BCUT2D eigenvalue weighted by atomic mass is 10.2. The summed E-state index contributed by atoms with van der Waals surface area (Å²) in [7, 11) is 0. The lowest BCUT2D eigenvalue weighted by molar-refractivity contribution is -0.385. The summed E-state index contributed by atoms with van der Waals surface area (Å²) in [6, 6.07) is 18.5. The van der Waals surface area contributed by atoms with E-state index in [0.717, 1.165) is 22.3 Å². The molecule has 0 aliphatic heterocycles. The third kappa shape index (κ3) is 2.98. The molecule has 4 rings (SSSR count). The van der Waals surface area contributed by atoms with Crippen LogP contribution in [0, 0.1) is 10.1 Å². The summed E-state index contributed by atoms with van der Waals surface area (Å²) in [6.45, 7) is 0. The first-order valence-corrected chi connectivity index (χ1v) is 8.23. The Labute approximate surface area is 153 Å². The van der Waals surface area contributed by atoms with E-state index in [-0.39, 0.29) is 5.69 Å². The minimum atomic E-state index is -0.460. The number of hydrogen-bond donors (Lipinski definition) is 1. The molecule has 0 unspecified atom stereocenters. The van der Waals surface area contributed by atoms with E-state index in [1.54, 1.807) is 6.07 Å². The van der Waals surface area contributed by atoms with Crippen LogP contribution in [0.15, 0.2) is 73.1 Å². The van der Waals surface area contributed by atoms with Crippen LogP contribution < -0.4 is 5.32 Å². The molecule has 2 aromatic heterocycles. The van der Waals surface area contributed by atoms with Gasteiger partial charge in [-0.25, -0.2) is 4.98 Å². The lowest BCUT2D eigenvalue weighted by Gasteiger charge is -2.09. The second-order valence-corrected chi connectivity index (χ2v) is 6.12. The Kier molecular flexibility index (Phi) is 4.02. The molecule has 7 heteroatoms. The fourth-order valence-electron chi connectivity index (χ4n) is 2.79. The number of rotatable bonds is 4. The molecule has 26 heavy (non-hydrogen) atoms. The summed E-state index contributed by atoms with van der Waals surface area (Å²) in [6.07, 6.45) is 3.16. The van der Waals surface area contributed by atoms with Gasteiger partial charge in [0.2, 0.25) is 0 Å². The van der Waals surface area contributed by atoms with Gasteiger partial charge in [-0.1, -0.05) is 17.7 Å². The van der Waals surface area contributed by atoms with Gasteiger partial charge in [0.15, 0.2) is 0 Å². The fourth-order valence-corrected chi connectivity index (χ4v) is 2.92. The number of nitrogens with one attached hydrogen (secondary N) is 1. The molecule has 0 saturated heterocycles. The summed E-state index contributed by atoms with van der Waals surface area (Å²) in [5.41, 5.74) is 2.80. The number of nitro groups is 1. The van der Waals surface area contributed by atoms with Gasteiger partial charge >= 0.3 is 0 Å². The van der Waals surface area contributed by atoms with Crippen molar-refractivity contribution < 1.29 is 4.92 Å². The molecule has 128 valence electrons. The molecule has 0 bridgehead atoms. The summed E-state index contributed by atoms with van der Waals surface area (Å²) in [5, 5.41) is 15.9. The van der Waals surface area contributed by atoms with Gasteiger partial charge in [0.1, 0.15) is 12.0 Å². The summed E-state index contributed by atoms with van der Waals surface area (Å²) in [5.74, 6) is 0.620. The van der Waals surface area contributed by atoms with Gasteiger partial charge in [0, 0.05) is 34.0 Å². The van der Waals surface area contributed by atoms with E-state index in [0.29, 0.717) is 10.8 Å². The first-order valence-electron chi connectivity index (χ1n) is 7.85. The predicted octanol–water partition coefficient (Wildman–Crippen LogP) is 5.33. The van der Waals surface area contributed by atoms with E-state index in [1.165, 1.54) is 12.3 Å². The smallest absolute Gasteiger partial charge is 0.287 e. The molecule has 0 amide bonds. The van der Waals surface area contributed by atoms with Gasteiger partial charge in [-0.3, -0.25) is 10.1 Å². The molecular formula is C19H13ClN4O2. The van der Waals surface area contributed by atoms with Crippen LogP contribution >= 0.6 is 11.6 Å². The highest BCUT2D eigenvalue weighted by atomic mass is 35.5. The maximum Gasteiger partial charge on any atom is 0.287 e. The Morgan fingerprint density at radius 3 is 2.54 bits per heavy atom. The number of pyridine rings is 1. The number of aromatic nitrogens is 2. The van der Waals surface area contributed by atoms with Crippen molar-refractivity contribution in [1.82, 2.24) is 9.55 Å². The van der Waals surface area contributed by atoms with Gasteiger partial charge in [-0.15, -0.1) is 0 Å². The first kappa shape index (κ1) is 16.1. The standard InChI is InChI=1S/C19H13ClN4O2/c20-13-4-6-14(7-5-13)22-17-2-1-3-18-16(17)10-11-23(18)19-9-8-15(12-21-19)24(25)26/h1-12,22H. The normalized spacial score (nSPS) is 10.8. The van der Waals surface area contributed by atoms with Crippen LogP contribution in [0.1, 0.15) is 0 Å². The molecule has 0 saturated carbocycles. The highest BCUT2D eigenvalue weighted by Gasteiger charge is 2.10. The highest BCUT2D eigenvalue weighted by Crippen LogP contribution is 2.29. The molecular weight excluding hydrogens is 352 g/mol. The zero-order chi connectivity index (χ0) is 18.1. The van der Waals surface area contributed by atoms with E-state index >= 15 is 0 Å². The highest BCUT2D eigenvalue weighted by molar-refractivity contribution is 6.30. The van der Waals surface area contributed by atoms with Crippen LogP contribution in [0.3, 0.4) is 0 Å². The van der Waals surface area contributed by atoms with Gasteiger partial charge < -0.3 is 9.88 Å². The third-order valence-corrected chi connectivity index (χ3v) is 4.30. The average molecular weight is 365 g/mol. The molecule has 4 aromatic rings. The van der Waals surface area contributed by atoms with Crippen molar-refractivity contribution >= 4 is 39.6 Å². The predicted molar refractivity (Wildman–Crippen MR) is 102 cm³/mol. The summed E-state index contributed by atoms with van der Waals surface area (Å²) >= 11 is 5.93. The number of fused-ring (bicyclic) bond motifs is 1. The Bertz CT molecular complexity index is 1090. The number of hydrogen-bond acceptors (Lipinski definition) is 4. The zero-order valence-corrected chi connectivity index (χ0v) is 14.2. The summed E-state index contributed by atoms with van der Waals surface area (Å²) in [4.78, 5) is 14.5. The van der Waals surface area contributed by atoms with Crippen molar-refractivity contribution in [2.45, 2.75) is 0 Å². The molecule has 1 N–H and O–H groups in total. The molecule has 0 atom stereocenters. The van der Waals surface area contributed by atoms with E-state index in [1.807, 2.05) is 59.3 Å². The quantitative estimate of drug-likeness (QED) is 0.392. The topological polar surface area (TPSA) is 73.0 Å². The maximum absolute atomic E-state index is 10.8. The van der Waals surface area contributed by atoms with Crippen LogP contribution in [-0.2, 0) is 0 Å². The van der Waals surface area contributed by atoms with Crippen molar-refractivity contribution in [1.29, 1.82) is 0 Å². The van der Waals surface area contributed by atoms with Gasteiger partial charge in [0.05, 0.1) is 10.4 Å². The van der Waals surface area contributed by atoms with E-state index < -0.39 is 4.92 Å². The zero-order valence-electron chi connectivity index (χ0n) is 13.5. The van der Waals surface area contributed by atoms with E-state index in [9.17, 15) is 10.1 Å². The third-order valence-electron chi connectivity index (χ3n) is 4.05. The van der Waals surface area contributed by atoms with Crippen molar-refractivity contribution in [3.05, 3.63) is 88.2 Å². The molecule has 2 aromatic carbocycles. The molecule has 0 aliphatic carbocycles. The Morgan fingerprint density at radius 2 is 1.85 bits per heavy atom. The lowest BCUT2D eigenvalue weighted by Crippen LogP contribution is -1.97. The second kappa shape index (κ2) is 6.50. The number of nitrogens with zero attached hydrogens (tertiary/aromatic N) is 3. The molecule has 6 nitrogen and oxygen atoms in total. The molecule has 0 fully saturated rings. The second-order valence-electron chi connectivity index (χ2n) is 5.69. The van der Waals surface area contributed by atoms with E-state index in [2.05, 4.69) is 10.3 Å². The summed E-state index contributed by atoms with van der Waals surface area (Å²) < 4.78 is 1.89. The minimum absolute atomic E-state index is 0.0321. The van der Waals surface area contributed by atoms with Crippen LogP contribution in [0.4, 0.5) is 17.1 Å². The average Bonchev–Trinajstić information content (AvgIpc) is 3.09. The largest absolute Gasteiger partial charge is 0.355 e. The first-order chi connectivity index (χ1) is 12.6. The number of benzene rings is 2. The van der Waals surface area contributed by atoms with Crippen molar-refractivity contribution in [3.8, 4) is 5.82 Å².